The third-order valence-corrected chi connectivity index (χ3v) is 13.1. The summed E-state index contributed by atoms with van der Waals surface area (Å²) < 4.78 is 0. The van der Waals surface area contributed by atoms with Gasteiger partial charge in [0.1, 0.15) is 12.2 Å². The van der Waals surface area contributed by atoms with Crippen molar-refractivity contribution in [2.24, 2.45) is 0 Å². The second-order valence-electron chi connectivity index (χ2n) is 18.9. The van der Waals surface area contributed by atoms with Crippen LogP contribution in [-0.2, 0) is 4.79 Å². The van der Waals surface area contributed by atoms with Crippen LogP contribution in [0.15, 0.2) is 0 Å². The quantitative estimate of drug-likeness (QED) is 0.0392. The summed E-state index contributed by atoms with van der Waals surface area (Å²) in [7, 11) is 0. The van der Waals surface area contributed by atoms with Gasteiger partial charge >= 0.3 is 0 Å². The van der Waals surface area contributed by atoms with E-state index in [-0.39, 0.29) is 0 Å². The lowest BCUT2D eigenvalue weighted by Crippen LogP contribution is -2.53. The van der Waals surface area contributed by atoms with Gasteiger partial charge in [-0.05, 0) is 12.8 Å². The van der Waals surface area contributed by atoms with E-state index in [9.17, 15) is 25.2 Å². The van der Waals surface area contributed by atoms with Gasteiger partial charge in [0.15, 0.2) is 0 Å². The summed E-state index contributed by atoms with van der Waals surface area (Å²) in [4.78, 5) is 12.6. The SMILES string of the molecule is CCCCCCCCCCCCCCCCCCCCCCCCCC(O)C(O)C(CO)NC(=O)C(O)CCCCCCCCCCCCCCCCCCCCCC. The Morgan fingerprint density at radius 2 is 0.576 bits per heavy atom. The molecule has 0 saturated carbocycles. The minimum atomic E-state index is -1.25. The first-order valence-corrected chi connectivity index (χ1v) is 26.9. The average Bonchev–Trinajstić information content (AvgIpc) is 3.24. The number of hydrogen-bond acceptors (Lipinski definition) is 5. The van der Waals surface area contributed by atoms with Gasteiger partial charge in [-0.3, -0.25) is 4.79 Å². The summed E-state index contributed by atoms with van der Waals surface area (Å²) in [6.45, 7) is 4.09. The first kappa shape index (κ1) is 58.3. The zero-order valence-electron chi connectivity index (χ0n) is 40.0. The number of hydrogen-bond donors (Lipinski definition) is 5. The molecular formula is C53H107NO5. The molecule has 0 aliphatic rings. The lowest BCUT2D eigenvalue weighted by atomic mass is 9.99. The van der Waals surface area contributed by atoms with E-state index in [1.54, 1.807) is 0 Å². The van der Waals surface area contributed by atoms with Crippen molar-refractivity contribution < 1.29 is 25.2 Å². The Bertz CT molecular complexity index is 811. The molecular weight excluding hydrogens is 731 g/mol. The largest absolute Gasteiger partial charge is 0.394 e. The molecule has 59 heavy (non-hydrogen) atoms. The van der Waals surface area contributed by atoms with Crippen LogP contribution in [0.4, 0.5) is 0 Å². The Balaban J connectivity index is 3.61. The van der Waals surface area contributed by atoms with Crippen LogP contribution in [0.2, 0.25) is 0 Å². The lowest BCUT2D eigenvalue weighted by molar-refractivity contribution is -0.132. The van der Waals surface area contributed by atoms with Gasteiger partial charge in [0.05, 0.1) is 18.8 Å². The van der Waals surface area contributed by atoms with E-state index in [1.165, 1.54) is 238 Å². The molecule has 4 atom stereocenters. The van der Waals surface area contributed by atoms with Crippen LogP contribution in [0.5, 0.6) is 0 Å². The van der Waals surface area contributed by atoms with Crippen LogP contribution in [0.3, 0.4) is 0 Å². The molecule has 0 spiro atoms. The van der Waals surface area contributed by atoms with Crippen molar-refractivity contribution in [2.75, 3.05) is 6.61 Å². The molecule has 0 saturated heterocycles. The molecule has 1 amide bonds. The lowest BCUT2D eigenvalue weighted by Gasteiger charge is -2.27. The molecule has 354 valence electrons. The van der Waals surface area contributed by atoms with Gasteiger partial charge in [0.2, 0.25) is 5.91 Å². The highest BCUT2D eigenvalue weighted by Crippen LogP contribution is 2.18. The van der Waals surface area contributed by atoms with E-state index in [2.05, 4.69) is 19.2 Å². The van der Waals surface area contributed by atoms with Gasteiger partial charge in [-0.2, -0.15) is 0 Å². The molecule has 0 aromatic heterocycles. The smallest absolute Gasteiger partial charge is 0.249 e. The highest BCUT2D eigenvalue weighted by molar-refractivity contribution is 5.80. The Kier molecular flexibility index (Phi) is 47.8. The topological polar surface area (TPSA) is 110 Å². The highest BCUT2D eigenvalue weighted by Gasteiger charge is 2.28. The molecule has 0 aliphatic heterocycles. The molecule has 6 heteroatoms. The minimum absolute atomic E-state index is 0.376. The van der Waals surface area contributed by atoms with Gasteiger partial charge in [-0.15, -0.1) is 0 Å². The summed E-state index contributed by atoms with van der Waals surface area (Å²) in [5.41, 5.74) is 0. The molecule has 5 N–H and O–H groups in total. The van der Waals surface area contributed by atoms with Crippen LogP contribution in [0.25, 0.3) is 0 Å². The van der Waals surface area contributed by atoms with Crippen molar-refractivity contribution in [2.45, 2.75) is 327 Å². The van der Waals surface area contributed by atoms with Crippen molar-refractivity contribution in [3.63, 3.8) is 0 Å². The van der Waals surface area contributed by atoms with Crippen molar-refractivity contribution in [1.29, 1.82) is 0 Å². The van der Waals surface area contributed by atoms with Crippen LogP contribution >= 0.6 is 0 Å². The summed E-state index contributed by atoms with van der Waals surface area (Å²) in [5.74, 6) is -0.576. The van der Waals surface area contributed by atoms with E-state index in [0.717, 1.165) is 38.5 Å². The second-order valence-corrected chi connectivity index (χ2v) is 18.9. The summed E-state index contributed by atoms with van der Waals surface area (Å²) in [6, 6.07) is -0.980. The third kappa shape index (κ3) is 42.4. The van der Waals surface area contributed by atoms with Crippen molar-refractivity contribution in [3.05, 3.63) is 0 Å². The third-order valence-electron chi connectivity index (χ3n) is 13.1. The van der Waals surface area contributed by atoms with Crippen molar-refractivity contribution in [3.8, 4) is 0 Å². The highest BCUT2D eigenvalue weighted by atomic mass is 16.3. The maximum Gasteiger partial charge on any atom is 0.249 e. The zero-order valence-corrected chi connectivity index (χ0v) is 40.0. The van der Waals surface area contributed by atoms with E-state index >= 15 is 0 Å². The van der Waals surface area contributed by atoms with Crippen molar-refractivity contribution >= 4 is 5.91 Å². The molecule has 4 unspecified atom stereocenters. The number of aliphatic hydroxyl groups excluding tert-OH is 4. The zero-order chi connectivity index (χ0) is 43.1. The number of amides is 1. The van der Waals surface area contributed by atoms with Crippen LogP contribution < -0.4 is 5.32 Å². The van der Waals surface area contributed by atoms with E-state index in [1.807, 2.05) is 0 Å². The number of unbranched alkanes of at least 4 members (excludes halogenated alkanes) is 41. The van der Waals surface area contributed by atoms with E-state index in [4.69, 9.17) is 0 Å². The Morgan fingerprint density at radius 1 is 0.356 bits per heavy atom. The second kappa shape index (κ2) is 48.3. The van der Waals surface area contributed by atoms with Crippen LogP contribution in [0.1, 0.15) is 303 Å². The predicted octanol–water partition coefficient (Wildman–Crippen LogP) is 15.1. The maximum atomic E-state index is 12.6. The maximum absolute atomic E-state index is 12.6. The molecule has 0 aliphatic carbocycles. The molecule has 0 aromatic carbocycles. The fraction of sp³-hybridized carbons (Fsp3) is 0.981. The first-order valence-electron chi connectivity index (χ1n) is 26.9. The fourth-order valence-electron chi connectivity index (χ4n) is 8.82. The molecule has 0 fully saturated rings. The number of carbonyl (C=O) groups excluding carboxylic acids is 1. The molecule has 0 heterocycles. The minimum Gasteiger partial charge on any atom is -0.394 e. The predicted molar refractivity (Wildman–Crippen MR) is 256 cm³/mol. The molecule has 6 nitrogen and oxygen atoms in total. The number of carbonyl (C=O) groups is 1. The van der Waals surface area contributed by atoms with Gasteiger partial charge in [-0.1, -0.05) is 290 Å². The molecule has 0 rings (SSSR count). The fourth-order valence-corrected chi connectivity index (χ4v) is 8.82. The first-order chi connectivity index (χ1) is 29.0. The summed E-state index contributed by atoms with van der Waals surface area (Å²) in [5, 5.41) is 44.0. The molecule has 0 bridgehead atoms. The number of rotatable bonds is 50. The van der Waals surface area contributed by atoms with Gasteiger partial charge in [0, 0.05) is 0 Å². The van der Waals surface area contributed by atoms with Gasteiger partial charge in [-0.25, -0.2) is 0 Å². The normalized spacial score (nSPS) is 13.8. The van der Waals surface area contributed by atoms with Crippen molar-refractivity contribution in [1.82, 2.24) is 5.32 Å². The van der Waals surface area contributed by atoms with E-state index < -0.39 is 36.9 Å². The summed E-state index contributed by atoms with van der Waals surface area (Å²) in [6.07, 6.45) is 54.4. The number of nitrogens with one attached hydrogen (secondary N) is 1. The Hall–Kier alpha value is -0.690. The Labute approximate surface area is 369 Å². The van der Waals surface area contributed by atoms with Gasteiger partial charge < -0.3 is 25.7 Å². The number of aliphatic hydroxyl groups is 4. The monoisotopic (exact) mass is 838 g/mol. The van der Waals surface area contributed by atoms with Crippen LogP contribution in [-0.4, -0.2) is 57.3 Å². The molecule has 0 aromatic rings. The standard InChI is InChI=1S/C53H107NO5/c1-3-5-7-9-11-13-15-17-19-21-23-25-26-27-29-30-32-34-36-38-40-42-44-46-50(56)52(58)49(48-55)54-53(59)51(57)47-45-43-41-39-37-35-33-31-28-24-22-20-18-16-14-12-10-8-6-4-2/h49-52,55-58H,3-48H2,1-2H3,(H,54,59). The van der Waals surface area contributed by atoms with Crippen LogP contribution in [0, 0.1) is 0 Å². The Morgan fingerprint density at radius 3 is 0.814 bits per heavy atom. The van der Waals surface area contributed by atoms with Gasteiger partial charge in [0.25, 0.3) is 0 Å². The summed E-state index contributed by atoms with van der Waals surface area (Å²) >= 11 is 0. The molecule has 0 radical (unpaired) electrons. The van der Waals surface area contributed by atoms with E-state index in [0.29, 0.717) is 12.8 Å². The average molecular weight is 838 g/mol.